The van der Waals surface area contributed by atoms with Crippen LogP contribution >= 0.6 is 0 Å². The van der Waals surface area contributed by atoms with Gasteiger partial charge in [0.15, 0.2) is 5.82 Å². The smallest absolute Gasteiger partial charge is 0.160 e. The zero-order chi connectivity index (χ0) is 39.3. The Kier molecular flexibility index (Phi) is 8.84. The van der Waals surface area contributed by atoms with E-state index in [1.165, 1.54) is 50.1 Å². The van der Waals surface area contributed by atoms with E-state index in [9.17, 15) is 0 Å². The Bertz CT molecular complexity index is 2820. The maximum atomic E-state index is 6.70. The van der Waals surface area contributed by atoms with Crippen LogP contribution in [-0.4, -0.2) is 16.6 Å². The first-order valence-electron chi connectivity index (χ1n) is 21.4. The fourth-order valence-electron chi connectivity index (χ4n) is 10.4. The molecular formula is C56H46N2O. The Morgan fingerprint density at radius 3 is 2.20 bits per heavy atom. The maximum absolute atomic E-state index is 6.70. The average Bonchev–Trinajstić information content (AvgIpc) is 3.59. The molecule has 6 aromatic carbocycles. The number of unbranched alkanes of at least 4 members (excludes halogenated alkanes) is 1. The molecule has 2 heterocycles. The highest BCUT2D eigenvalue weighted by molar-refractivity contribution is 5.87. The second kappa shape index (κ2) is 14.7. The number of ether oxygens (including phenoxy) is 1. The minimum atomic E-state index is -0.340. The first kappa shape index (κ1) is 35.6. The van der Waals surface area contributed by atoms with Gasteiger partial charge in [0.1, 0.15) is 5.75 Å². The van der Waals surface area contributed by atoms with E-state index in [-0.39, 0.29) is 11.3 Å². The van der Waals surface area contributed by atoms with Crippen LogP contribution in [0.25, 0.3) is 67.8 Å². The molecule has 1 aromatic heterocycles. The highest BCUT2D eigenvalue weighted by Crippen LogP contribution is 2.61. The number of aromatic nitrogens is 2. The van der Waals surface area contributed by atoms with E-state index in [2.05, 4.69) is 177 Å². The van der Waals surface area contributed by atoms with Crippen molar-refractivity contribution in [2.45, 2.75) is 50.9 Å². The fourth-order valence-corrected chi connectivity index (χ4v) is 10.4. The van der Waals surface area contributed by atoms with E-state index in [4.69, 9.17) is 14.7 Å². The summed E-state index contributed by atoms with van der Waals surface area (Å²) in [7, 11) is 0. The highest BCUT2D eigenvalue weighted by Gasteiger charge is 2.53. The van der Waals surface area contributed by atoms with Crippen molar-refractivity contribution in [1.29, 1.82) is 0 Å². The zero-order valence-corrected chi connectivity index (χ0v) is 33.5. The van der Waals surface area contributed by atoms with Crippen molar-refractivity contribution < 1.29 is 4.74 Å². The molecule has 1 aliphatic heterocycles. The summed E-state index contributed by atoms with van der Waals surface area (Å²) in [5.41, 5.74) is 19.3. The van der Waals surface area contributed by atoms with Crippen LogP contribution in [0.3, 0.4) is 0 Å². The Labute approximate surface area is 347 Å². The second-order valence-corrected chi connectivity index (χ2v) is 16.5. The molecule has 1 unspecified atom stereocenters. The third-order valence-corrected chi connectivity index (χ3v) is 13.1. The van der Waals surface area contributed by atoms with E-state index in [0.717, 1.165) is 89.3 Å². The van der Waals surface area contributed by atoms with Gasteiger partial charge in [0, 0.05) is 28.2 Å². The van der Waals surface area contributed by atoms with E-state index >= 15 is 0 Å². The SMILES string of the molecule is CCC/C=C\CC1COc2ccc(-c3cccc(-c4nc(-c5ccccc5)cc(-c5cc6c7c(c5)CCC=C7CC=C6)n4)c3)cc2C12c1ccccc1-c1ccccc12. The third-order valence-electron chi connectivity index (χ3n) is 13.1. The molecule has 286 valence electrons. The van der Waals surface area contributed by atoms with Crippen molar-refractivity contribution in [3.63, 3.8) is 0 Å². The molecule has 0 saturated carbocycles. The fraction of sp³-hybridized carbons (Fsp3) is 0.179. The zero-order valence-electron chi connectivity index (χ0n) is 33.5. The molecule has 59 heavy (non-hydrogen) atoms. The van der Waals surface area contributed by atoms with Crippen LogP contribution in [0.5, 0.6) is 5.75 Å². The Morgan fingerprint density at radius 1 is 0.661 bits per heavy atom. The molecule has 0 saturated heterocycles. The van der Waals surface area contributed by atoms with Crippen LogP contribution in [0.15, 0.2) is 164 Å². The van der Waals surface area contributed by atoms with Crippen LogP contribution in [0, 0.1) is 5.92 Å². The standard InChI is InChI=1S/C56H46N2O/c1-2-3-4-8-24-45-36-59-53-30-29-40(34-50(53)56(45)48-27-11-9-25-46(48)47-26-10-12-28-49(47)56)39-20-15-23-43(31-39)55-57-51(37-16-6-5-7-17-37)35-52(58-55)44-32-41-21-13-18-38-19-14-22-42(33-44)54(38)41/h4-13,15-17,19-21,23,25-35,45H,2-3,14,18,22,24,36H2,1H3/b8-4-. The van der Waals surface area contributed by atoms with E-state index in [1.54, 1.807) is 0 Å². The summed E-state index contributed by atoms with van der Waals surface area (Å²) >= 11 is 0. The number of allylic oxidation sites excluding steroid dienone is 5. The molecule has 3 heteroatoms. The lowest BCUT2D eigenvalue weighted by molar-refractivity contribution is 0.175. The third kappa shape index (κ3) is 5.94. The van der Waals surface area contributed by atoms with Gasteiger partial charge < -0.3 is 4.74 Å². The molecule has 0 N–H and O–H groups in total. The number of nitrogens with zero attached hydrogens (tertiary/aromatic N) is 2. The van der Waals surface area contributed by atoms with Gasteiger partial charge in [-0.2, -0.15) is 0 Å². The molecule has 11 rings (SSSR count). The topological polar surface area (TPSA) is 35.0 Å². The van der Waals surface area contributed by atoms with Crippen LogP contribution < -0.4 is 4.74 Å². The first-order valence-corrected chi connectivity index (χ1v) is 21.4. The van der Waals surface area contributed by atoms with E-state index in [1.807, 2.05) is 0 Å². The van der Waals surface area contributed by atoms with Gasteiger partial charge in [-0.05, 0) is 124 Å². The lowest BCUT2D eigenvalue weighted by Gasteiger charge is -2.44. The molecule has 3 nitrogen and oxygen atoms in total. The summed E-state index contributed by atoms with van der Waals surface area (Å²) in [5.74, 6) is 1.93. The lowest BCUT2D eigenvalue weighted by Crippen LogP contribution is -2.43. The van der Waals surface area contributed by atoms with Gasteiger partial charge in [-0.25, -0.2) is 9.97 Å². The number of hydrogen-bond donors (Lipinski definition) is 0. The summed E-state index contributed by atoms with van der Waals surface area (Å²) in [6.45, 7) is 2.91. The molecule has 0 amide bonds. The Hall–Kier alpha value is -6.58. The maximum Gasteiger partial charge on any atom is 0.160 e. The summed E-state index contributed by atoms with van der Waals surface area (Å²) in [6.07, 6.45) is 18.1. The molecule has 0 fully saturated rings. The summed E-state index contributed by atoms with van der Waals surface area (Å²) in [4.78, 5) is 10.6. The molecule has 1 spiro atoms. The molecule has 3 aliphatic carbocycles. The molecule has 4 aliphatic rings. The second-order valence-electron chi connectivity index (χ2n) is 16.5. The van der Waals surface area contributed by atoms with Gasteiger partial charge in [-0.3, -0.25) is 0 Å². The van der Waals surface area contributed by atoms with Crippen molar-refractivity contribution in [2.75, 3.05) is 6.61 Å². The largest absolute Gasteiger partial charge is 0.493 e. The first-order chi connectivity index (χ1) is 29.2. The van der Waals surface area contributed by atoms with E-state index in [0.29, 0.717) is 6.61 Å². The van der Waals surface area contributed by atoms with Crippen molar-refractivity contribution in [3.05, 3.63) is 197 Å². The van der Waals surface area contributed by atoms with Crippen LogP contribution in [0.1, 0.15) is 72.4 Å². The normalized spacial score (nSPS) is 16.6. The van der Waals surface area contributed by atoms with Gasteiger partial charge >= 0.3 is 0 Å². The molecular weight excluding hydrogens is 717 g/mol. The van der Waals surface area contributed by atoms with Gasteiger partial charge in [0.25, 0.3) is 0 Å². The van der Waals surface area contributed by atoms with Crippen LogP contribution in [-0.2, 0) is 11.8 Å². The summed E-state index contributed by atoms with van der Waals surface area (Å²) in [5, 5.41) is 0. The Morgan fingerprint density at radius 2 is 1.39 bits per heavy atom. The van der Waals surface area contributed by atoms with Crippen molar-refractivity contribution in [3.8, 4) is 61.9 Å². The highest BCUT2D eigenvalue weighted by atomic mass is 16.5. The summed E-state index contributed by atoms with van der Waals surface area (Å²) < 4.78 is 6.70. The quantitative estimate of drug-likeness (QED) is 0.145. The number of hydrogen-bond acceptors (Lipinski definition) is 3. The van der Waals surface area contributed by atoms with Crippen molar-refractivity contribution in [2.24, 2.45) is 5.92 Å². The van der Waals surface area contributed by atoms with Crippen LogP contribution in [0.4, 0.5) is 0 Å². The van der Waals surface area contributed by atoms with Crippen molar-refractivity contribution in [1.82, 2.24) is 9.97 Å². The number of aryl methyl sites for hydroxylation is 1. The minimum absolute atomic E-state index is 0.235. The molecule has 0 radical (unpaired) electrons. The number of fused-ring (bicyclic) bond motifs is 7. The van der Waals surface area contributed by atoms with Gasteiger partial charge in [0.2, 0.25) is 0 Å². The minimum Gasteiger partial charge on any atom is -0.493 e. The van der Waals surface area contributed by atoms with Gasteiger partial charge in [0.05, 0.1) is 23.4 Å². The van der Waals surface area contributed by atoms with Crippen molar-refractivity contribution >= 4 is 11.6 Å². The molecule has 0 bridgehead atoms. The predicted octanol–water partition coefficient (Wildman–Crippen LogP) is 14.0. The Balaban J connectivity index is 1.05. The average molecular weight is 763 g/mol. The van der Waals surface area contributed by atoms with Gasteiger partial charge in [-0.1, -0.05) is 147 Å². The lowest BCUT2D eigenvalue weighted by atomic mass is 9.61. The van der Waals surface area contributed by atoms with Gasteiger partial charge in [-0.15, -0.1) is 0 Å². The van der Waals surface area contributed by atoms with Crippen LogP contribution in [0.2, 0.25) is 0 Å². The summed E-state index contributed by atoms with van der Waals surface area (Å²) in [6, 6.07) is 51.1. The van der Waals surface area contributed by atoms with E-state index < -0.39 is 0 Å². The number of benzene rings is 6. The molecule has 1 atom stereocenters. The predicted molar refractivity (Wildman–Crippen MR) is 243 cm³/mol. The monoisotopic (exact) mass is 762 g/mol. The number of rotatable bonds is 8. The molecule has 7 aromatic rings.